The lowest BCUT2D eigenvalue weighted by Crippen LogP contribution is -2.42. The van der Waals surface area contributed by atoms with Gasteiger partial charge in [-0.3, -0.25) is 14.5 Å². The number of ether oxygens (including phenoxy) is 2. The minimum atomic E-state index is -6.05. The number of benzene rings is 1. The Labute approximate surface area is 191 Å². The third-order valence-electron chi connectivity index (χ3n) is 3.52. The van der Waals surface area contributed by atoms with E-state index in [1.807, 2.05) is 0 Å². The number of hydrogen-bond donors (Lipinski definition) is 1. The molecule has 0 bridgehead atoms. The SMILES string of the molecule is CC(=O)N(CC(F)(F)F)C(=O)c1cc(OCC(C)OC(=O)NS(=O)(=O)C(F)(F)F)c(F)cc1Cl. The van der Waals surface area contributed by atoms with E-state index >= 15 is 0 Å². The van der Waals surface area contributed by atoms with Crippen molar-refractivity contribution in [2.75, 3.05) is 13.2 Å². The molecule has 0 aliphatic rings. The second-order valence-corrected chi connectivity index (χ2v) is 8.45. The molecule has 0 saturated carbocycles. The number of rotatable bonds is 7. The summed E-state index contributed by atoms with van der Waals surface area (Å²) >= 11 is 5.68. The first kappa shape index (κ1) is 29.2. The topological polar surface area (TPSA) is 119 Å². The molecule has 0 aromatic heterocycles. The molecule has 18 heteroatoms. The van der Waals surface area contributed by atoms with Crippen LogP contribution in [0, 0.1) is 5.82 Å². The molecule has 0 aliphatic heterocycles. The molecule has 0 heterocycles. The van der Waals surface area contributed by atoms with Crippen molar-refractivity contribution in [2.24, 2.45) is 0 Å². The van der Waals surface area contributed by atoms with Crippen LogP contribution in [0.5, 0.6) is 5.75 Å². The molecule has 3 amide bonds. The Bertz CT molecular complexity index is 1060. The smallest absolute Gasteiger partial charge is 0.487 e. The summed E-state index contributed by atoms with van der Waals surface area (Å²) in [6, 6.07) is 1.03. The maximum absolute atomic E-state index is 14.1. The van der Waals surface area contributed by atoms with Gasteiger partial charge in [-0.05, 0) is 19.1 Å². The number of carbonyl (C=O) groups excluding carboxylic acids is 3. The first-order valence-electron chi connectivity index (χ1n) is 8.56. The molecule has 34 heavy (non-hydrogen) atoms. The molecule has 0 aliphatic carbocycles. The molecule has 9 nitrogen and oxygen atoms in total. The standard InChI is InChI=1S/C16H14ClF7N2O7S/c1-7(33-14(29)25-34(30,31)16(22,23)24)5-32-12-3-9(10(17)4-11(12)18)13(28)26(8(2)27)6-15(19,20)21/h3-4,7H,5-6H2,1-2H3,(H,25,29). The number of alkyl halides is 6. The van der Waals surface area contributed by atoms with E-state index in [1.54, 1.807) is 0 Å². The largest absolute Gasteiger partial charge is 0.516 e. The number of hydrogen-bond acceptors (Lipinski definition) is 7. The van der Waals surface area contributed by atoms with Crippen LogP contribution in [0.15, 0.2) is 12.1 Å². The van der Waals surface area contributed by atoms with Crippen LogP contribution in [-0.2, 0) is 19.6 Å². The first-order valence-corrected chi connectivity index (χ1v) is 10.4. The Morgan fingerprint density at radius 2 is 1.71 bits per heavy atom. The number of nitrogens with one attached hydrogen (secondary N) is 1. The summed E-state index contributed by atoms with van der Waals surface area (Å²) < 4.78 is 120. The van der Waals surface area contributed by atoms with Gasteiger partial charge in [0.1, 0.15) is 19.3 Å². The molecule has 0 spiro atoms. The maximum atomic E-state index is 14.1. The minimum Gasteiger partial charge on any atom is -0.487 e. The second kappa shape index (κ2) is 10.6. The lowest BCUT2D eigenvalue weighted by Gasteiger charge is -2.22. The predicted molar refractivity (Wildman–Crippen MR) is 98.7 cm³/mol. The van der Waals surface area contributed by atoms with Crippen LogP contribution in [0.4, 0.5) is 35.5 Å². The molecule has 0 saturated heterocycles. The minimum absolute atomic E-state index is 0.208. The van der Waals surface area contributed by atoms with E-state index < -0.39 is 81.0 Å². The summed E-state index contributed by atoms with van der Waals surface area (Å²) in [5.74, 6) is -4.90. The fraction of sp³-hybridized carbons (Fsp3) is 0.438. The van der Waals surface area contributed by atoms with Crippen LogP contribution in [0.25, 0.3) is 0 Å². The number of carbonyl (C=O) groups is 3. The van der Waals surface area contributed by atoms with Crippen LogP contribution < -0.4 is 9.46 Å². The second-order valence-electron chi connectivity index (χ2n) is 6.37. The first-order chi connectivity index (χ1) is 15.2. The Balaban J connectivity index is 2.98. The predicted octanol–water partition coefficient (Wildman–Crippen LogP) is 3.37. The Morgan fingerprint density at radius 3 is 2.18 bits per heavy atom. The van der Waals surface area contributed by atoms with Gasteiger partial charge < -0.3 is 9.47 Å². The highest BCUT2D eigenvalue weighted by Gasteiger charge is 2.47. The van der Waals surface area contributed by atoms with E-state index in [0.717, 1.165) is 6.92 Å². The van der Waals surface area contributed by atoms with Gasteiger partial charge >= 0.3 is 27.8 Å². The molecule has 1 rings (SSSR count). The van der Waals surface area contributed by atoms with Gasteiger partial charge in [0.05, 0.1) is 10.6 Å². The zero-order valence-corrected chi connectivity index (χ0v) is 18.5. The summed E-state index contributed by atoms with van der Waals surface area (Å²) in [7, 11) is -6.05. The van der Waals surface area contributed by atoms with E-state index in [4.69, 9.17) is 16.3 Å². The van der Waals surface area contributed by atoms with Gasteiger partial charge in [0, 0.05) is 6.92 Å². The number of imide groups is 1. The van der Waals surface area contributed by atoms with Gasteiger partial charge in [0.2, 0.25) is 5.91 Å². The molecular formula is C16H14ClF7N2O7S. The third-order valence-corrected chi connectivity index (χ3v) is 4.88. The van der Waals surface area contributed by atoms with Gasteiger partial charge in [0.15, 0.2) is 11.6 Å². The van der Waals surface area contributed by atoms with E-state index in [-0.39, 0.29) is 4.90 Å². The van der Waals surface area contributed by atoms with Crippen molar-refractivity contribution in [2.45, 2.75) is 31.6 Å². The van der Waals surface area contributed by atoms with Crippen molar-refractivity contribution >= 4 is 39.5 Å². The highest BCUT2D eigenvalue weighted by molar-refractivity contribution is 7.90. The molecule has 0 radical (unpaired) electrons. The monoisotopic (exact) mass is 546 g/mol. The van der Waals surface area contributed by atoms with Crippen molar-refractivity contribution in [1.29, 1.82) is 0 Å². The van der Waals surface area contributed by atoms with E-state index in [0.29, 0.717) is 23.8 Å². The Kier molecular flexibility index (Phi) is 9.13. The van der Waals surface area contributed by atoms with Crippen LogP contribution >= 0.6 is 11.6 Å². The molecule has 1 aromatic rings. The van der Waals surface area contributed by atoms with Gasteiger partial charge in [-0.2, -0.15) is 34.8 Å². The van der Waals surface area contributed by atoms with Crippen LogP contribution in [0.3, 0.4) is 0 Å². The summed E-state index contributed by atoms with van der Waals surface area (Å²) in [4.78, 5) is 34.9. The Hall–Kier alpha value is -2.82. The summed E-state index contributed by atoms with van der Waals surface area (Å²) in [5, 5.41) is -0.677. The van der Waals surface area contributed by atoms with E-state index in [2.05, 4.69) is 4.74 Å². The molecule has 0 fully saturated rings. The molecule has 1 aromatic carbocycles. The van der Waals surface area contributed by atoms with E-state index in [9.17, 15) is 53.5 Å². The quantitative estimate of drug-likeness (QED) is 0.521. The normalized spacial score (nSPS) is 13.1. The van der Waals surface area contributed by atoms with Gasteiger partial charge in [-0.25, -0.2) is 13.9 Å². The lowest BCUT2D eigenvalue weighted by atomic mass is 10.1. The number of halogens is 8. The summed E-state index contributed by atoms with van der Waals surface area (Å²) in [6.45, 7) is -1.11. The summed E-state index contributed by atoms with van der Waals surface area (Å²) in [6.07, 6.45) is -8.48. The van der Waals surface area contributed by atoms with Crippen molar-refractivity contribution in [3.05, 3.63) is 28.5 Å². The van der Waals surface area contributed by atoms with Crippen molar-refractivity contribution in [1.82, 2.24) is 9.62 Å². The number of sulfonamides is 1. The van der Waals surface area contributed by atoms with Gasteiger partial charge in [-0.15, -0.1) is 0 Å². The molecule has 192 valence electrons. The van der Waals surface area contributed by atoms with Gasteiger partial charge in [0.25, 0.3) is 5.91 Å². The molecular weight excluding hydrogens is 533 g/mol. The van der Waals surface area contributed by atoms with Crippen LogP contribution in [0.2, 0.25) is 5.02 Å². The zero-order chi connectivity index (χ0) is 26.6. The average molecular weight is 547 g/mol. The van der Waals surface area contributed by atoms with Gasteiger partial charge in [-0.1, -0.05) is 11.6 Å². The average Bonchev–Trinajstić information content (AvgIpc) is 2.62. The lowest BCUT2D eigenvalue weighted by molar-refractivity contribution is -0.154. The molecule has 1 unspecified atom stereocenters. The molecule has 1 atom stereocenters. The highest BCUT2D eigenvalue weighted by Crippen LogP contribution is 2.29. The number of amides is 3. The van der Waals surface area contributed by atoms with Crippen molar-refractivity contribution < 1.29 is 63.0 Å². The summed E-state index contributed by atoms with van der Waals surface area (Å²) in [5.41, 5.74) is -6.57. The zero-order valence-electron chi connectivity index (χ0n) is 16.9. The van der Waals surface area contributed by atoms with Crippen LogP contribution in [-0.4, -0.2) is 62.2 Å². The fourth-order valence-electron chi connectivity index (χ4n) is 2.07. The third kappa shape index (κ3) is 8.19. The number of nitrogens with zero attached hydrogens (tertiary/aromatic N) is 1. The fourth-order valence-corrected chi connectivity index (χ4v) is 2.68. The van der Waals surface area contributed by atoms with Crippen molar-refractivity contribution in [3.8, 4) is 5.75 Å². The Morgan fingerprint density at radius 1 is 1.15 bits per heavy atom. The highest BCUT2D eigenvalue weighted by atomic mass is 35.5. The molecule has 1 N–H and O–H groups in total. The van der Waals surface area contributed by atoms with Crippen LogP contribution in [0.1, 0.15) is 24.2 Å². The maximum Gasteiger partial charge on any atom is 0.516 e. The van der Waals surface area contributed by atoms with E-state index in [1.165, 1.54) is 0 Å². The van der Waals surface area contributed by atoms with Crippen molar-refractivity contribution in [3.63, 3.8) is 0 Å².